The highest BCUT2D eigenvalue weighted by atomic mass is 16.3. The molecule has 1 rings (SSSR count). The molecule has 2 atom stereocenters. The summed E-state index contributed by atoms with van der Waals surface area (Å²) in [4.78, 5) is 11.2. The van der Waals surface area contributed by atoms with Gasteiger partial charge in [-0.25, -0.2) is 4.79 Å². The van der Waals surface area contributed by atoms with Crippen LogP contribution >= 0.6 is 0 Å². The van der Waals surface area contributed by atoms with Gasteiger partial charge in [-0.2, -0.15) is 0 Å². The van der Waals surface area contributed by atoms with Gasteiger partial charge in [-0.3, -0.25) is 0 Å². The SMILES string of the molecule is NC1CCCC(NC(=O)NCCO)C1. The molecule has 0 aromatic rings. The molecule has 0 heterocycles. The second-order valence-corrected chi connectivity index (χ2v) is 3.75. The zero-order valence-electron chi connectivity index (χ0n) is 8.33. The summed E-state index contributed by atoms with van der Waals surface area (Å²) in [6, 6.07) is 0.197. The third kappa shape index (κ3) is 3.93. The van der Waals surface area contributed by atoms with Gasteiger partial charge in [-0.1, -0.05) is 0 Å². The minimum absolute atomic E-state index is 0.0302. The van der Waals surface area contributed by atoms with Gasteiger partial charge >= 0.3 is 6.03 Å². The van der Waals surface area contributed by atoms with Gasteiger partial charge < -0.3 is 21.5 Å². The summed E-state index contributed by atoms with van der Waals surface area (Å²) in [5.41, 5.74) is 5.79. The number of amides is 2. The second kappa shape index (κ2) is 5.82. The van der Waals surface area contributed by atoms with Crippen LogP contribution in [0.2, 0.25) is 0 Å². The van der Waals surface area contributed by atoms with Crippen LogP contribution in [0.5, 0.6) is 0 Å². The predicted octanol–water partition coefficient (Wildman–Crippen LogP) is -0.452. The summed E-state index contributed by atoms with van der Waals surface area (Å²) in [6.45, 7) is 0.266. The van der Waals surface area contributed by atoms with Crippen molar-refractivity contribution in [2.24, 2.45) is 5.73 Å². The van der Waals surface area contributed by atoms with E-state index in [-0.39, 0.29) is 24.7 Å². The summed E-state index contributed by atoms with van der Waals surface area (Å²) in [5, 5.41) is 13.9. The van der Waals surface area contributed by atoms with Gasteiger partial charge in [0.05, 0.1) is 6.61 Å². The van der Waals surface area contributed by atoms with Crippen LogP contribution in [0.1, 0.15) is 25.7 Å². The number of urea groups is 1. The van der Waals surface area contributed by atoms with Gasteiger partial charge in [-0.05, 0) is 25.7 Å². The third-order valence-corrected chi connectivity index (χ3v) is 2.45. The molecule has 5 heteroatoms. The number of nitrogens with one attached hydrogen (secondary N) is 2. The Hall–Kier alpha value is -0.810. The van der Waals surface area contributed by atoms with E-state index in [0.29, 0.717) is 6.54 Å². The highest BCUT2D eigenvalue weighted by Crippen LogP contribution is 2.16. The lowest BCUT2D eigenvalue weighted by atomic mass is 9.92. The maximum absolute atomic E-state index is 11.2. The normalized spacial score (nSPS) is 27.0. The van der Waals surface area contributed by atoms with Gasteiger partial charge in [0.1, 0.15) is 0 Å². The van der Waals surface area contributed by atoms with Crippen LogP contribution < -0.4 is 16.4 Å². The average molecular weight is 201 g/mol. The van der Waals surface area contributed by atoms with Crippen molar-refractivity contribution in [3.8, 4) is 0 Å². The summed E-state index contributed by atoms with van der Waals surface area (Å²) in [5.74, 6) is 0. The lowest BCUT2D eigenvalue weighted by Gasteiger charge is -2.27. The first kappa shape index (κ1) is 11.3. The molecule has 5 nitrogen and oxygen atoms in total. The molecule has 2 unspecified atom stereocenters. The Morgan fingerprint density at radius 2 is 2.29 bits per heavy atom. The maximum Gasteiger partial charge on any atom is 0.315 e. The van der Waals surface area contributed by atoms with E-state index in [1.807, 2.05) is 0 Å². The first-order chi connectivity index (χ1) is 6.72. The van der Waals surface area contributed by atoms with E-state index in [1.165, 1.54) is 0 Å². The summed E-state index contributed by atoms with van der Waals surface area (Å²) in [6.07, 6.45) is 3.98. The van der Waals surface area contributed by atoms with Crippen molar-refractivity contribution in [2.45, 2.75) is 37.8 Å². The first-order valence-corrected chi connectivity index (χ1v) is 5.13. The zero-order chi connectivity index (χ0) is 10.4. The molecular weight excluding hydrogens is 182 g/mol. The fraction of sp³-hybridized carbons (Fsp3) is 0.889. The summed E-state index contributed by atoms with van der Waals surface area (Å²) in [7, 11) is 0. The number of hydrogen-bond acceptors (Lipinski definition) is 3. The molecule has 0 bridgehead atoms. The van der Waals surface area contributed by atoms with E-state index < -0.39 is 0 Å². The molecule has 1 aliphatic carbocycles. The Labute approximate surface area is 84.0 Å². The molecule has 0 spiro atoms. The van der Waals surface area contributed by atoms with Crippen LogP contribution in [-0.4, -0.2) is 36.4 Å². The van der Waals surface area contributed by atoms with E-state index in [1.54, 1.807) is 0 Å². The van der Waals surface area contributed by atoms with Crippen molar-refractivity contribution in [1.29, 1.82) is 0 Å². The molecule has 0 aliphatic heterocycles. The molecule has 0 aromatic heterocycles. The van der Waals surface area contributed by atoms with Crippen molar-refractivity contribution in [1.82, 2.24) is 10.6 Å². The zero-order valence-corrected chi connectivity index (χ0v) is 8.33. The van der Waals surface area contributed by atoms with Gasteiger partial charge in [0.25, 0.3) is 0 Å². The van der Waals surface area contributed by atoms with E-state index in [4.69, 9.17) is 10.8 Å². The molecule has 14 heavy (non-hydrogen) atoms. The van der Waals surface area contributed by atoms with Crippen LogP contribution in [0.3, 0.4) is 0 Å². The standard InChI is InChI=1S/C9H19N3O2/c10-7-2-1-3-8(6-7)12-9(14)11-4-5-13/h7-8,13H,1-6,10H2,(H2,11,12,14). The largest absolute Gasteiger partial charge is 0.395 e. The molecule has 0 radical (unpaired) electrons. The fourth-order valence-electron chi connectivity index (χ4n) is 1.76. The number of hydrogen-bond donors (Lipinski definition) is 4. The Kier molecular flexibility index (Phi) is 4.69. The summed E-state index contributed by atoms with van der Waals surface area (Å²) >= 11 is 0. The fourth-order valence-corrected chi connectivity index (χ4v) is 1.76. The number of rotatable bonds is 3. The van der Waals surface area contributed by atoms with Gasteiger partial charge in [0.15, 0.2) is 0 Å². The highest BCUT2D eigenvalue weighted by molar-refractivity contribution is 5.74. The van der Waals surface area contributed by atoms with E-state index in [2.05, 4.69) is 10.6 Å². The van der Waals surface area contributed by atoms with Crippen molar-refractivity contribution >= 4 is 6.03 Å². The molecule has 5 N–H and O–H groups in total. The second-order valence-electron chi connectivity index (χ2n) is 3.75. The average Bonchev–Trinajstić information content (AvgIpc) is 2.15. The van der Waals surface area contributed by atoms with Gasteiger partial charge in [-0.15, -0.1) is 0 Å². The summed E-state index contributed by atoms with van der Waals surface area (Å²) < 4.78 is 0. The molecule has 82 valence electrons. The minimum Gasteiger partial charge on any atom is -0.395 e. The van der Waals surface area contributed by atoms with E-state index >= 15 is 0 Å². The number of aliphatic hydroxyl groups is 1. The smallest absolute Gasteiger partial charge is 0.315 e. The molecule has 1 fully saturated rings. The van der Waals surface area contributed by atoms with Gasteiger partial charge in [0.2, 0.25) is 0 Å². The van der Waals surface area contributed by atoms with Crippen molar-refractivity contribution in [3.05, 3.63) is 0 Å². The Morgan fingerprint density at radius 1 is 1.50 bits per heavy atom. The van der Waals surface area contributed by atoms with Crippen LogP contribution in [0.25, 0.3) is 0 Å². The molecule has 1 saturated carbocycles. The van der Waals surface area contributed by atoms with Crippen molar-refractivity contribution in [3.63, 3.8) is 0 Å². The first-order valence-electron chi connectivity index (χ1n) is 5.13. The minimum atomic E-state index is -0.210. The highest BCUT2D eigenvalue weighted by Gasteiger charge is 2.20. The quantitative estimate of drug-likeness (QED) is 0.498. The Balaban J connectivity index is 2.18. The molecule has 0 aromatic carbocycles. The van der Waals surface area contributed by atoms with Crippen LogP contribution in [-0.2, 0) is 0 Å². The predicted molar refractivity (Wildman–Crippen MR) is 53.9 cm³/mol. The van der Waals surface area contributed by atoms with Crippen LogP contribution in [0.15, 0.2) is 0 Å². The lowest BCUT2D eigenvalue weighted by Crippen LogP contribution is -2.46. The maximum atomic E-state index is 11.2. The van der Waals surface area contributed by atoms with Gasteiger partial charge in [0, 0.05) is 18.6 Å². The number of carbonyl (C=O) groups is 1. The van der Waals surface area contributed by atoms with Crippen LogP contribution in [0.4, 0.5) is 4.79 Å². The number of carbonyl (C=O) groups excluding carboxylic acids is 1. The Bertz CT molecular complexity index is 187. The molecular formula is C9H19N3O2. The van der Waals surface area contributed by atoms with Crippen molar-refractivity contribution < 1.29 is 9.90 Å². The Morgan fingerprint density at radius 3 is 2.93 bits per heavy atom. The van der Waals surface area contributed by atoms with E-state index in [9.17, 15) is 4.79 Å². The van der Waals surface area contributed by atoms with Crippen molar-refractivity contribution in [2.75, 3.05) is 13.2 Å². The molecule has 2 amide bonds. The lowest BCUT2D eigenvalue weighted by molar-refractivity contribution is 0.225. The van der Waals surface area contributed by atoms with E-state index in [0.717, 1.165) is 25.7 Å². The topological polar surface area (TPSA) is 87.4 Å². The van der Waals surface area contributed by atoms with Crippen LogP contribution in [0, 0.1) is 0 Å². The monoisotopic (exact) mass is 201 g/mol. The number of nitrogens with two attached hydrogens (primary N) is 1. The number of aliphatic hydroxyl groups excluding tert-OH is 1. The molecule has 1 aliphatic rings. The third-order valence-electron chi connectivity index (χ3n) is 2.45. The molecule has 0 saturated heterocycles.